The molecule has 1 rings (SSSR count). The van der Waals surface area contributed by atoms with Crippen LogP contribution >= 0.6 is 0 Å². The molecule has 3 heteroatoms. The first-order chi connectivity index (χ1) is 6.29. The molecule has 66 valence electrons. The maximum absolute atomic E-state index is 11.1. The van der Waals surface area contributed by atoms with Crippen LogP contribution in [0.4, 0.5) is 0 Å². The first-order valence-electron chi connectivity index (χ1n) is 3.70. The molecule has 0 heterocycles. The van der Waals surface area contributed by atoms with E-state index in [-0.39, 0.29) is 5.57 Å². The minimum Gasteiger partial charge on any atom is -0.763 e. The van der Waals surface area contributed by atoms with Crippen LogP contribution in [0.25, 0.3) is 11.0 Å². The van der Waals surface area contributed by atoms with Crippen molar-refractivity contribution in [3.05, 3.63) is 41.3 Å². The summed E-state index contributed by atoms with van der Waals surface area (Å²) in [5, 5.41) is 8.69. The van der Waals surface area contributed by atoms with Crippen LogP contribution in [0.5, 0.6) is 0 Å². The fraction of sp³-hybridized carbons (Fsp3) is 0.100. The Morgan fingerprint density at radius 2 is 2.00 bits per heavy atom. The van der Waals surface area contributed by atoms with Crippen LogP contribution < -0.4 is 0 Å². The molecule has 0 aliphatic carbocycles. The van der Waals surface area contributed by atoms with Gasteiger partial charge in [-0.2, -0.15) is 0 Å². The number of rotatable bonds is 2. The molecule has 1 aromatic carbocycles. The molecule has 13 heavy (non-hydrogen) atoms. The Balaban J connectivity index is 3.07. The minimum atomic E-state index is -0.603. The molecular formula is C10H8NO2-. The predicted molar refractivity (Wildman–Crippen MR) is 50.2 cm³/mol. The lowest BCUT2D eigenvalue weighted by molar-refractivity contribution is -0.133. The molecule has 0 unspecified atom stereocenters. The van der Waals surface area contributed by atoms with Crippen molar-refractivity contribution in [1.82, 2.24) is 0 Å². The van der Waals surface area contributed by atoms with Gasteiger partial charge in [0.25, 0.3) is 0 Å². The topological polar surface area (TPSA) is 48.6 Å². The van der Waals surface area contributed by atoms with Gasteiger partial charge in [-0.05, 0) is 5.56 Å². The van der Waals surface area contributed by atoms with E-state index in [0.717, 1.165) is 0 Å². The zero-order valence-corrected chi connectivity index (χ0v) is 7.15. The third-order valence-corrected chi connectivity index (χ3v) is 1.56. The molecule has 0 saturated carbocycles. The molecule has 0 aliphatic heterocycles. The molecule has 0 saturated heterocycles. The van der Waals surface area contributed by atoms with Crippen LogP contribution in [0.1, 0.15) is 5.56 Å². The van der Waals surface area contributed by atoms with Crippen molar-refractivity contribution >= 4 is 17.4 Å². The van der Waals surface area contributed by atoms with E-state index in [2.05, 4.69) is 4.74 Å². The highest BCUT2D eigenvalue weighted by Gasteiger charge is 2.08. The van der Waals surface area contributed by atoms with Crippen molar-refractivity contribution in [3.63, 3.8) is 0 Å². The van der Waals surface area contributed by atoms with Gasteiger partial charge in [0.05, 0.1) is 12.7 Å². The van der Waals surface area contributed by atoms with Gasteiger partial charge in [-0.15, -0.1) is 0 Å². The van der Waals surface area contributed by atoms with E-state index in [9.17, 15) is 4.79 Å². The van der Waals surface area contributed by atoms with Crippen molar-refractivity contribution < 1.29 is 9.53 Å². The molecule has 0 spiro atoms. The molecule has 3 nitrogen and oxygen atoms in total. The Hall–Kier alpha value is -1.86. The average molecular weight is 174 g/mol. The first-order valence-corrected chi connectivity index (χ1v) is 3.70. The van der Waals surface area contributed by atoms with E-state index < -0.39 is 5.97 Å². The van der Waals surface area contributed by atoms with Gasteiger partial charge in [0.1, 0.15) is 0 Å². The molecule has 0 amide bonds. The molecule has 1 aromatic rings. The summed E-state index contributed by atoms with van der Waals surface area (Å²) in [6, 6.07) is 8.71. The summed E-state index contributed by atoms with van der Waals surface area (Å²) < 4.78 is 4.46. The van der Waals surface area contributed by atoms with Crippen molar-refractivity contribution in [1.29, 1.82) is 0 Å². The predicted octanol–water partition coefficient (Wildman–Crippen LogP) is 1.48. The van der Waals surface area contributed by atoms with Crippen LogP contribution in [-0.4, -0.2) is 18.9 Å². The summed E-state index contributed by atoms with van der Waals surface area (Å²) in [6.45, 7) is 0. The number of carbonyl (C=O) groups excluding carboxylic acids is 1. The number of carbonyl (C=O) groups is 1. The lowest BCUT2D eigenvalue weighted by atomic mass is 10.1. The maximum atomic E-state index is 11.1. The second kappa shape index (κ2) is 4.24. The van der Waals surface area contributed by atoms with Crippen LogP contribution in [0.3, 0.4) is 0 Å². The van der Waals surface area contributed by atoms with E-state index in [1.807, 2.05) is 11.9 Å². The Bertz CT molecular complexity index is 350. The van der Waals surface area contributed by atoms with Crippen molar-refractivity contribution in [2.75, 3.05) is 7.11 Å². The van der Waals surface area contributed by atoms with Gasteiger partial charge in [-0.25, -0.2) is 4.79 Å². The molecule has 0 radical (unpaired) electrons. The quantitative estimate of drug-likeness (QED) is 0.387. The smallest absolute Gasteiger partial charge is 0.344 e. The van der Waals surface area contributed by atoms with E-state index in [4.69, 9.17) is 5.41 Å². The van der Waals surface area contributed by atoms with Crippen LogP contribution in [-0.2, 0) is 9.53 Å². The SMILES string of the molecule is COC(=O)C(=C=[N-])c1ccccc1. The third-order valence-electron chi connectivity index (χ3n) is 1.56. The van der Waals surface area contributed by atoms with E-state index in [1.165, 1.54) is 7.11 Å². The highest BCUT2D eigenvalue weighted by Crippen LogP contribution is 2.11. The average Bonchev–Trinajstić information content (AvgIpc) is 2.20. The standard InChI is InChI=1S/C10H8NO2/c1-13-10(12)9(7-11)8-5-3-2-4-6-8/h2-6H,1H3/q-1. The fourth-order valence-corrected chi connectivity index (χ4v) is 0.935. The summed E-state index contributed by atoms with van der Waals surface area (Å²) in [7, 11) is 1.25. The molecule has 0 aromatic heterocycles. The number of benzene rings is 1. The van der Waals surface area contributed by atoms with E-state index >= 15 is 0 Å². The summed E-state index contributed by atoms with van der Waals surface area (Å²) >= 11 is 0. The fourth-order valence-electron chi connectivity index (χ4n) is 0.935. The second-order valence-corrected chi connectivity index (χ2v) is 2.34. The highest BCUT2D eigenvalue weighted by molar-refractivity contribution is 6.26. The second-order valence-electron chi connectivity index (χ2n) is 2.34. The summed E-state index contributed by atoms with van der Waals surface area (Å²) in [5.41, 5.74) is 0.611. The van der Waals surface area contributed by atoms with Gasteiger partial charge < -0.3 is 10.1 Å². The number of ether oxygens (including phenoxy) is 1. The molecule has 0 atom stereocenters. The lowest BCUT2D eigenvalue weighted by Crippen LogP contribution is -2.03. The molecule has 0 aliphatic rings. The monoisotopic (exact) mass is 174 g/mol. The summed E-state index contributed by atoms with van der Waals surface area (Å²) in [4.78, 5) is 11.1. The van der Waals surface area contributed by atoms with Crippen molar-refractivity contribution in [2.24, 2.45) is 0 Å². The highest BCUT2D eigenvalue weighted by atomic mass is 16.5. The van der Waals surface area contributed by atoms with Gasteiger partial charge in [0.2, 0.25) is 0 Å². The minimum absolute atomic E-state index is 0.0306. The number of methoxy groups -OCH3 is 1. The number of hydrogen-bond donors (Lipinski definition) is 0. The van der Waals surface area contributed by atoms with Gasteiger partial charge >= 0.3 is 5.97 Å². The number of hydrogen-bond acceptors (Lipinski definition) is 2. The van der Waals surface area contributed by atoms with Crippen LogP contribution in [0, 0.1) is 0 Å². The Morgan fingerprint density at radius 3 is 2.46 bits per heavy atom. The summed E-state index contributed by atoms with van der Waals surface area (Å²) in [5.74, 6) is 1.21. The van der Waals surface area contributed by atoms with Crippen molar-refractivity contribution in [2.45, 2.75) is 0 Å². The van der Waals surface area contributed by atoms with Gasteiger partial charge in [0.15, 0.2) is 0 Å². The normalized spacial score (nSPS) is 8.69. The van der Waals surface area contributed by atoms with Gasteiger partial charge in [0, 0.05) is 0 Å². The summed E-state index contributed by atoms with van der Waals surface area (Å²) in [6.07, 6.45) is 0. The van der Waals surface area contributed by atoms with Crippen LogP contribution in [0.15, 0.2) is 30.3 Å². The Labute approximate surface area is 76.2 Å². The zero-order valence-electron chi connectivity index (χ0n) is 7.15. The Morgan fingerprint density at radius 1 is 1.38 bits per heavy atom. The third kappa shape index (κ3) is 2.04. The number of esters is 1. The maximum Gasteiger partial charge on any atom is 0.344 e. The molecule has 0 N–H and O–H groups in total. The van der Waals surface area contributed by atoms with Gasteiger partial charge in [-0.1, -0.05) is 30.3 Å². The van der Waals surface area contributed by atoms with Crippen LogP contribution in [0.2, 0.25) is 0 Å². The lowest BCUT2D eigenvalue weighted by Gasteiger charge is -2.03. The first kappa shape index (κ1) is 9.23. The Kier molecular flexibility index (Phi) is 3.01. The van der Waals surface area contributed by atoms with Gasteiger partial charge in [-0.3, -0.25) is 5.87 Å². The van der Waals surface area contributed by atoms with E-state index in [0.29, 0.717) is 5.56 Å². The van der Waals surface area contributed by atoms with E-state index in [1.54, 1.807) is 24.3 Å². The zero-order chi connectivity index (χ0) is 9.68. The molecule has 0 fully saturated rings. The molecule has 0 bridgehead atoms. The largest absolute Gasteiger partial charge is 0.763 e. The number of nitrogens with zero attached hydrogens (tertiary/aromatic N) is 1. The molecular weight excluding hydrogens is 166 g/mol. The van der Waals surface area contributed by atoms with Crippen molar-refractivity contribution in [3.8, 4) is 0 Å².